The van der Waals surface area contributed by atoms with Gasteiger partial charge >= 0.3 is 0 Å². The summed E-state index contributed by atoms with van der Waals surface area (Å²) in [5.74, 6) is 0.123. The molecule has 0 saturated carbocycles. The molecule has 0 aliphatic carbocycles. The number of aliphatic hydroxyl groups excluding tert-OH is 2. The topological polar surface area (TPSA) is 129 Å². The van der Waals surface area contributed by atoms with Crippen LogP contribution in [0.1, 0.15) is 23.3 Å². The van der Waals surface area contributed by atoms with Crippen LogP contribution in [0.3, 0.4) is 0 Å². The zero-order chi connectivity index (χ0) is 24.5. The molecule has 0 amide bonds. The molecule has 4 atom stereocenters. The Morgan fingerprint density at radius 3 is 2.20 bits per heavy atom. The smallest absolute Gasteiger partial charge is 0.167 e. The molecule has 5 rings (SSSR count). The number of rotatable bonds is 7. The predicted octanol–water partition coefficient (Wildman–Crippen LogP) is 3.18. The third-order valence-electron chi connectivity index (χ3n) is 6.11. The molecule has 2 aromatic carbocycles. The normalized spacial score (nSPS) is 22.3. The molecule has 0 bridgehead atoms. The lowest BCUT2D eigenvalue weighted by atomic mass is 9.92. The number of anilines is 1. The Kier molecular flexibility index (Phi) is 6.88. The van der Waals surface area contributed by atoms with Crippen molar-refractivity contribution in [1.29, 1.82) is 0 Å². The molecular formula is C24H23Cl2N5O4. The summed E-state index contributed by atoms with van der Waals surface area (Å²) in [6.45, 7) is 0.379. The largest absolute Gasteiger partial charge is 0.387 e. The number of imidazole rings is 1. The van der Waals surface area contributed by atoms with E-state index in [0.29, 0.717) is 27.8 Å². The SMILES string of the molecule is Nc1ncnc2c1ncn2[C@@H]1O[C@H](COCC(c2ccc(Cl)cc2)c2ccc(Cl)cc2)[C@@H](O)[C@H]1O. The Hall–Kier alpha value is -2.79. The van der Waals surface area contributed by atoms with E-state index in [4.69, 9.17) is 38.4 Å². The van der Waals surface area contributed by atoms with Crippen molar-refractivity contribution in [1.82, 2.24) is 19.5 Å². The molecular weight excluding hydrogens is 493 g/mol. The van der Waals surface area contributed by atoms with Crippen molar-refractivity contribution in [3.05, 3.63) is 82.4 Å². The Morgan fingerprint density at radius 1 is 0.943 bits per heavy atom. The van der Waals surface area contributed by atoms with E-state index < -0.39 is 24.5 Å². The molecule has 4 N–H and O–H groups in total. The van der Waals surface area contributed by atoms with Gasteiger partial charge < -0.3 is 25.4 Å². The molecule has 1 aliphatic heterocycles. The lowest BCUT2D eigenvalue weighted by Crippen LogP contribution is -2.34. The van der Waals surface area contributed by atoms with Gasteiger partial charge in [-0.25, -0.2) is 15.0 Å². The minimum Gasteiger partial charge on any atom is -0.387 e. The van der Waals surface area contributed by atoms with E-state index in [1.54, 1.807) is 0 Å². The van der Waals surface area contributed by atoms with E-state index in [9.17, 15) is 10.2 Å². The van der Waals surface area contributed by atoms with Crippen molar-refractivity contribution in [2.75, 3.05) is 18.9 Å². The van der Waals surface area contributed by atoms with Gasteiger partial charge in [0.05, 0.1) is 19.5 Å². The van der Waals surface area contributed by atoms with Crippen molar-refractivity contribution in [2.24, 2.45) is 0 Å². The summed E-state index contributed by atoms with van der Waals surface area (Å²) < 4.78 is 13.5. The number of aromatic nitrogens is 4. The number of nitrogens with zero attached hydrogens (tertiary/aromatic N) is 4. The Labute approximate surface area is 211 Å². The van der Waals surface area contributed by atoms with Crippen LogP contribution in [0.25, 0.3) is 11.2 Å². The van der Waals surface area contributed by atoms with E-state index >= 15 is 0 Å². The molecule has 4 aromatic rings. The van der Waals surface area contributed by atoms with E-state index in [2.05, 4.69) is 15.0 Å². The standard InChI is InChI=1S/C24H23Cl2N5O4/c25-15-5-1-13(2-6-15)17(14-3-7-16(26)8-4-14)9-34-10-18-20(32)21(33)24(35-18)31-12-30-19-22(27)28-11-29-23(19)31/h1-8,11-12,17-18,20-21,24,32-33H,9-10H2,(H2,27,28,29)/t18-,20-,21-,24-/m1/s1. The fourth-order valence-electron chi connectivity index (χ4n) is 4.23. The van der Waals surface area contributed by atoms with Crippen LogP contribution < -0.4 is 5.73 Å². The maximum Gasteiger partial charge on any atom is 0.167 e. The average molecular weight is 516 g/mol. The molecule has 182 valence electrons. The van der Waals surface area contributed by atoms with Crippen molar-refractivity contribution < 1.29 is 19.7 Å². The molecule has 9 nitrogen and oxygen atoms in total. The maximum atomic E-state index is 10.7. The summed E-state index contributed by atoms with van der Waals surface area (Å²) in [7, 11) is 0. The Bertz CT molecular complexity index is 1260. The third kappa shape index (κ3) is 4.84. The number of halogens is 2. The van der Waals surface area contributed by atoms with Gasteiger partial charge in [-0.05, 0) is 35.4 Å². The number of benzene rings is 2. The first-order chi connectivity index (χ1) is 16.9. The summed E-state index contributed by atoms with van der Waals surface area (Å²) in [4.78, 5) is 12.3. The van der Waals surface area contributed by atoms with Crippen LogP contribution in [-0.4, -0.2) is 61.3 Å². The van der Waals surface area contributed by atoms with E-state index in [1.165, 1.54) is 17.2 Å². The zero-order valence-corrected chi connectivity index (χ0v) is 19.9. The van der Waals surface area contributed by atoms with Gasteiger partial charge in [0.25, 0.3) is 0 Å². The highest BCUT2D eigenvalue weighted by Gasteiger charge is 2.44. The molecule has 1 fully saturated rings. The first kappa shape index (κ1) is 23.9. The van der Waals surface area contributed by atoms with Gasteiger partial charge in [-0.15, -0.1) is 0 Å². The fourth-order valence-corrected chi connectivity index (χ4v) is 4.48. The third-order valence-corrected chi connectivity index (χ3v) is 6.61. The van der Waals surface area contributed by atoms with Gasteiger partial charge in [-0.1, -0.05) is 47.5 Å². The van der Waals surface area contributed by atoms with E-state index in [-0.39, 0.29) is 18.3 Å². The number of aliphatic hydroxyl groups is 2. The lowest BCUT2D eigenvalue weighted by molar-refractivity contribution is -0.0661. The summed E-state index contributed by atoms with van der Waals surface area (Å²) in [6, 6.07) is 15.1. The molecule has 2 aromatic heterocycles. The molecule has 0 unspecified atom stereocenters. The predicted molar refractivity (Wildman–Crippen MR) is 131 cm³/mol. The second-order valence-corrected chi connectivity index (χ2v) is 9.20. The van der Waals surface area contributed by atoms with Crippen molar-refractivity contribution in [2.45, 2.75) is 30.5 Å². The summed E-state index contributed by atoms with van der Waals surface area (Å²) in [6.07, 6.45) is -1.27. The van der Waals surface area contributed by atoms with Gasteiger partial charge in [0.1, 0.15) is 30.2 Å². The molecule has 1 saturated heterocycles. The van der Waals surface area contributed by atoms with Crippen molar-refractivity contribution in [3.8, 4) is 0 Å². The zero-order valence-electron chi connectivity index (χ0n) is 18.4. The van der Waals surface area contributed by atoms with Gasteiger partial charge in [0.15, 0.2) is 17.7 Å². The van der Waals surface area contributed by atoms with Gasteiger partial charge in [-0.3, -0.25) is 4.57 Å². The number of hydrogen-bond donors (Lipinski definition) is 3. The molecule has 35 heavy (non-hydrogen) atoms. The lowest BCUT2D eigenvalue weighted by Gasteiger charge is -2.21. The van der Waals surface area contributed by atoms with Crippen LogP contribution in [0, 0.1) is 0 Å². The van der Waals surface area contributed by atoms with Crippen LogP contribution in [0.15, 0.2) is 61.2 Å². The molecule has 3 heterocycles. The highest BCUT2D eigenvalue weighted by molar-refractivity contribution is 6.30. The number of ether oxygens (including phenoxy) is 2. The first-order valence-corrected chi connectivity index (χ1v) is 11.7. The van der Waals surface area contributed by atoms with Crippen LogP contribution in [0.4, 0.5) is 5.82 Å². The summed E-state index contributed by atoms with van der Waals surface area (Å²) in [5.41, 5.74) is 8.68. The minimum atomic E-state index is -1.21. The summed E-state index contributed by atoms with van der Waals surface area (Å²) >= 11 is 12.1. The monoisotopic (exact) mass is 515 g/mol. The highest BCUT2D eigenvalue weighted by Crippen LogP contribution is 2.33. The first-order valence-electron chi connectivity index (χ1n) is 11.0. The fraction of sp³-hybridized carbons (Fsp3) is 0.292. The van der Waals surface area contributed by atoms with Crippen molar-refractivity contribution in [3.63, 3.8) is 0 Å². The Morgan fingerprint density at radius 2 is 1.57 bits per heavy atom. The minimum absolute atomic E-state index is 0.0656. The maximum absolute atomic E-state index is 10.7. The van der Waals surface area contributed by atoms with Crippen LogP contribution in [-0.2, 0) is 9.47 Å². The average Bonchev–Trinajstić information content (AvgIpc) is 3.41. The molecule has 0 spiro atoms. The number of nitrogen functional groups attached to an aromatic ring is 1. The van der Waals surface area contributed by atoms with Gasteiger partial charge in [-0.2, -0.15) is 0 Å². The van der Waals surface area contributed by atoms with Gasteiger partial charge in [0, 0.05) is 16.0 Å². The Balaban J connectivity index is 1.30. The molecule has 11 heteroatoms. The quantitative estimate of drug-likeness (QED) is 0.342. The highest BCUT2D eigenvalue weighted by atomic mass is 35.5. The number of hydrogen-bond acceptors (Lipinski definition) is 8. The van der Waals surface area contributed by atoms with E-state index in [1.807, 2.05) is 48.5 Å². The van der Waals surface area contributed by atoms with Gasteiger partial charge in [0.2, 0.25) is 0 Å². The van der Waals surface area contributed by atoms with Crippen LogP contribution in [0.2, 0.25) is 10.0 Å². The van der Waals surface area contributed by atoms with Crippen LogP contribution >= 0.6 is 23.2 Å². The van der Waals surface area contributed by atoms with E-state index in [0.717, 1.165) is 11.1 Å². The second-order valence-electron chi connectivity index (χ2n) is 8.32. The van der Waals surface area contributed by atoms with Crippen molar-refractivity contribution >= 4 is 40.2 Å². The molecule has 0 radical (unpaired) electrons. The second kappa shape index (κ2) is 10.1. The summed E-state index contributed by atoms with van der Waals surface area (Å²) in [5, 5.41) is 22.6. The number of nitrogens with two attached hydrogens (primary N) is 1. The van der Waals surface area contributed by atoms with Crippen LogP contribution in [0.5, 0.6) is 0 Å². The number of fused-ring (bicyclic) bond motifs is 1. The molecule has 1 aliphatic rings.